The van der Waals surface area contributed by atoms with E-state index in [0.717, 1.165) is 0 Å². The highest BCUT2D eigenvalue weighted by Gasteiger charge is 2.19. The Balaban J connectivity index is 3.04. The fourth-order valence-electron chi connectivity index (χ4n) is 1.31. The average Bonchev–Trinajstić information content (AvgIpc) is 2.09. The third-order valence-corrected chi connectivity index (χ3v) is 2.02. The van der Waals surface area contributed by atoms with E-state index in [1.807, 2.05) is 0 Å². The predicted octanol–water partition coefficient (Wildman–Crippen LogP) is 1.97. The fourth-order valence-corrected chi connectivity index (χ4v) is 1.31. The molecule has 1 aromatic rings. The molecule has 0 saturated heterocycles. The van der Waals surface area contributed by atoms with Gasteiger partial charge in [-0.3, -0.25) is 4.79 Å². The Bertz CT molecular complexity index is 307. The van der Waals surface area contributed by atoms with Gasteiger partial charge in [0.05, 0.1) is 5.92 Å². The van der Waals surface area contributed by atoms with E-state index in [1.54, 1.807) is 25.1 Å². The minimum Gasteiger partial charge on any atom is -0.508 e. The van der Waals surface area contributed by atoms with Gasteiger partial charge in [0.1, 0.15) is 5.75 Å². The van der Waals surface area contributed by atoms with E-state index < -0.39 is 11.9 Å². The maximum atomic E-state index is 10.8. The van der Waals surface area contributed by atoms with E-state index in [4.69, 9.17) is 5.11 Å². The van der Waals surface area contributed by atoms with Gasteiger partial charge in [-0.15, -0.1) is 0 Å². The van der Waals surface area contributed by atoms with Crippen molar-refractivity contribution in [2.24, 2.45) is 0 Å². The molecule has 0 aromatic heterocycles. The number of benzene rings is 1. The van der Waals surface area contributed by atoms with Crippen LogP contribution in [0.4, 0.5) is 0 Å². The molecule has 0 spiro atoms. The molecule has 0 heterocycles. The highest BCUT2D eigenvalue weighted by molar-refractivity contribution is 5.77. The summed E-state index contributed by atoms with van der Waals surface area (Å²) in [5.74, 6) is -1.46. The van der Waals surface area contributed by atoms with Gasteiger partial charge >= 0.3 is 5.97 Å². The molecular weight excluding hydrogens is 168 g/mol. The Hall–Kier alpha value is -1.51. The molecule has 2 N–H and O–H groups in total. The molecule has 0 aliphatic rings. The highest BCUT2D eigenvalue weighted by atomic mass is 16.4. The lowest BCUT2D eigenvalue weighted by Crippen LogP contribution is -2.10. The summed E-state index contributed by atoms with van der Waals surface area (Å²) in [5, 5.41) is 18.2. The number of aliphatic carboxylic acids is 1. The van der Waals surface area contributed by atoms with Crippen LogP contribution in [-0.2, 0) is 4.79 Å². The minimum atomic E-state index is -0.899. The Labute approximate surface area is 76.6 Å². The van der Waals surface area contributed by atoms with Gasteiger partial charge < -0.3 is 10.2 Å². The molecule has 1 atom stereocenters. The number of carboxylic acid groups (broad SMARTS) is 1. The van der Waals surface area contributed by atoms with E-state index in [9.17, 15) is 9.90 Å². The van der Waals surface area contributed by atoms with Gasteiger partial charge in [-0.1, -0.05) is 25.1 Å². The first-order valence-corrected chi connectivity index (χ1v) is 4.17. The van der Waals surface area contributed by atoms with Crippen LogP contribution >= 0.6 is 0 Å². The summed E-state index contributed by atoms with van der Waals surface area (Å²) in [6.07, 6.45) is 0.479. The van der Waals surface area contributed by atoms with Crippen molar-refractivity contribution >= 4 is 5.97 Å². The zero-order chi connectivity index (χ0) is 9.84. The van der Waals surface area contributed by atoms with Gasteiger partial charge in [-0.2, -0.15) is 0 Å². The molecule has 0 amide bonds. The first kappa shape index (κ1) is 9.58. The lowest BCUT2D eigenvalue weighted by molar-refractivity contribution is -0.138. The van der Waals surface area contributed by atoms with Crippen molar-refractivity contribution < 1.29 is 15.0 Å². The smallest absolute Gasteiger partial charge is 0.311 e. The van der Waals surface area contributed by atoms with Crippen LogP contribution in [0.15, 0.2) is 24.3 Å². The largest absolute Gasteiger partial charge is 0.508 e. The molecule has 70 valence electrons. The molecule has 3 nitrogen and oxygen atoms in total. The van der Waals surface area contributed by atoms with Crippen molar-refractivity contribution in [1.82, 2.24) is 0 Å². The second-order valence-corrected chi connectivity index (χ2v) is 2.86. The Kier molecular flexibility index (Phi) is 2.90. The Morgan fingerprint density at radius 2 is 2.08 bits per heavy atom. The van der Waals surface area contributed by atoms with Gasteiger partial charge in [0.15, 0.2) is 0 Å². The topological polar surface area (TPSA) is 57.5 Å². The van der Waals surface area contributed by atoms with E-state index in [2.05, 4.69) is 0 Å². The van der Waals surface area contributed by atoms with Crippen molar-refractivity contribution in [2.45, 2.75) is 19.3 Å². The molecule has 0 aliphatic carbocycles. The molecular formula is C10H12O3. The molecule has 0 fully saturated rings. The fraction of sp³-hybridized carbons (Fsp3) is 0.300. The predicted molar refractivity (Wildman–Crippen MR) is 48.8 cm³/mol. The van der Waals surface area contributed by atoms with Crippen molar-refractivity contribution in [3.05, 3.63) is 29.8 Å². The number of hydrogen-bond donors (Lipinski definition) is 2. The SMILES string of the molecule is CCC(C(=O)O)c1ccccc1O. The molecule has 0 aliphatic heterocycles. The first-order valence-electron chi connectivity index (χ1n) is 4.17. The molecule has 0 saturated carbocycles. The van der Waals surface area contributed by atoms with E-state index in [1.165, 1.54) is 6.07 Å². The van der Waals surface area contributed by atoms with Crippen LogP contribution < -0.4 is 0 Å². The van der Waals surface area contributed by atoms with Crippen LogP contribution in [0.25, 0.3) is 0 Å². The lowest BCUT2D eigenvalue weighted by atomic mass is 9.96. The van der Waals surface area contributed by atoms with Crippen LogP contribution in [0.1, 0.15) is 24.8 Å². The molecule has 0 radical (unpaired) electrons. The number of phenols is 1. The number of rotatable bonds is 3. The van der Waals surface area contributed by atoms with E-state index >= 15 is 0 Å². The highest BCUT2D eigenvalue weighted by Crippen LogP contribution is 2.27. The number of carboxylic acids is 1. The van der Waals surface area contributed by atoms with Gasteiger partial charge in [-0.25, -0.2) is 0 Å². The van der Waals surface area contributed by atoms with Crippen molar-refractivity contribution in [3.8, 4) is 5.75 Å². The van der Waals surface area contributed by atoms with Crippen molar-refractivity contribution in [1.29, 1.82) is 0 Å². The number of hydrogen-bond acceptors (Lipinski definition) is 2. The summed E-state index contributed by atoms with van der Waals surface area (Å²) in [5.41, 5.74) is 0.484. The maximum Gasteiger partial charge on any atom is 0.311 e. The van der Waals surface area contributed by atoms with Crippen molar-refractivity contribution in [3.63, 3.8) is 0 Å². The third-order valence-electron chi connectivity index (χ3n) is 2.02. The van der Waals surface area contributed by atoms with Gasteiger partial charge in [0.25, 0.3) is 0 Å². The summed E-state index contributed by atoms with van der Waals surface area (Å²) in [6, 6.07) is 6.53. The lowest BCUT2D eigenvalue weighted by Gasteiger charge is -2.10. The number of carbonyl (C=O) groups is 1. The zero-order valence-corrected chi connectivity index (χ0v) is 7.40. The van der Waals surface area contributed by atoms with Crippen LogP contribution in [0.5, 0.6) is 5.75 Å². The minimum absolute atomic E-state index is 0.0525. The van der Waals surface area contributed by atoms with Crippen LogP contribution in [0, 0.1) is 0 Å². The van der Waals surface area contributed by atoms with Gasteiger partial charge in [-0.05, 0) is 12.5 Å². The molecule has 3 heteroatoms. The maximum absolute atomic E-state index is 10.8. The number of para-hydroxylation sites is 1. The van der Waals surface area contributed by atoms with E-state index in [0.29, 0.717) is 12.0 Å². The van der Waals surface area contributed by atoms with Gasteiger partial charge in [0, 0.05) is 5.56 Å². The summed E-state index contributed by atoms with van der Waals surface area (Å²) in [7, 11) is 0. The Morgan fingerprint density at radius 3 is 2.54 bits per heavy atom. The normalized spacial score (nSPS) is 12.4. The van der Waals surface area contributed by atoms with Gasteiger partial charge in [0.2, 0.25) is 0 Å². The number of phenolic OH excluding ortho intramolecular Hbond substituents is 1. The summed E-state index contributed by atoms with van der Waals surface area (Å²) in [6.45, 7) is 1.78. The first-order chi connectivity index (χ1) is 6.16. The molecule has 0 bridgehead atoms. The summed E-state index contributed by atoms with van der Waals surface area (Å²) >= 11 is 0. The monoisotopic (exact) mass is 180 g/mol. The summed E-state index contributed by atoms with van der Waals surface area (Å²) < 4.78 is 0. The molecule has 13 heavy (non-hydrogen) atoms. The zero-order valence-electron chi connectivity index (χ0n) is 7.40. The summed E-state index contributed by atoms with van der Waals surface area (Å²) in [4.78, 5) is 10.8. The molecule has 1 rings (SSSR count). The molecule has 1 unspecified atom stereocenters. The Morgan fingerprint density at radius 1 is 1.46 bits per heavy atom. The van der Waals surface area contributed by atoms with E-state index in [-0.39, 0.29) is 5.75 Å². The third kappa shape index (κ3) is 1.99. The average molecular weight is 180 g/mol. The van der Waals surface area contributed by atoms with Crippen LogP contribution in [-0.4, -0.2) is 16.2 Å². The molecule has 1 aromatic carbocycles. The quantitative estimate of drug-likeness (QED) is 0.747. The second-order valence-electron chi connectivity index (χ2n) is 2.86. The standard InChI is InChI=1S/C10H12O3/c1-2-7(10(12)13)8-5-3-4-6-9(8)11/h3-7,11H,2H2,1H3,(H,12,13). The van der Waals surface area contributed by atoms with Crippen LogP contribution in [0.2, 0.25) is 0 Å². The van der Waals surface area contributed by atoms with Crippen LogP contribution in [0.3, 0.4) is 0 Å². The number of aromatic hydroxyl groups is 1. The van der Waals surface area contributed by atoms with Crippen molar-refractivity contribution in [2.75, 3.05) is 0 Å². The second kappa shape index (κ2) is 3.94.